The van der Waals surface area contributed by atoms with Crippen molar-refractivity contribution in [3.63, 3.8) is 0 Å². The molecule has 0 saturated heterocycles. The highest BCUT2D eigenvalue weighted by molar-refractivity contribution is 7.91. The van der Waals surface area contributed by atoms with Crippen LogP contribution in [0.1, 0.15) is 41.0 Å². The molecule has 3 atom stereocenters. The molecular formula is C19H31ClN4O6S2. The normalized spacial score (nSPS) is 15.0. The van der Waals surface area contributed by atoms with Crippen molar-refractivity contribution in [3.05, 3.63) is 16.5 Å². The summed E-state index contributed by atoms with van der Waals surface area (Å²) >= 11 is 6.60. The fourth-order valence-corrected chi connectivity index (χ4v) is 5.76. The lowest BCUT2D eigenvalue weighted by atomic mass is 9.84. The number of nitrogens with one attached hydrogen (secondary N) is 4. The third kappa shape index (κ3) is 7.69. The predicted molar refractivity (Wildman–Crippen MR) is 122 cm³/mol. The lowest BCUT2D eigenvalue weighted by Gasteiger charge is -2.33. The molecule has 0 aliphatic carbocycles. The average molecular weight is 511 g/mol. The fraction of sp³-hybridized carbons (Fsp3) is 0.632. The first-order valence-corrected chi connectivity index (χ1v) is 12.5. The maximum Gasteiger partial charge on any atom is 0.262 e. The Kier molecular flexibility index (Phi) is 10.1. The number of thiophene rings is 1. The number of carbonyl (C=O) groups is 3. The van der Waals surface area contributed by atoms with Crippen LogP contribution >= 0.6 is 22.9 Å². The number of amides is 3. The number of halogens is 1. The lowest BCUT2D eigenvalue weighted by Crippen LogP contribution is -2.59. The van der Waals surface area contributed by atoms with Gasteiger partial charge in [-0.15, -0.1) is 11.3 Å². The van der Waals surface area contributed by atoms with Gasteiger partial charge in [0.15, 0.2) is 0 Å². The smallest absolute Gasteiger partial charge is 0.262 e. The molecule has 13 heteroatoms. The van der Waals surface area contributed by atoms with Crippen LogP contribution in [0.15, 0.2) is 16.3 Å². The number of hydrogen-bond donors (Lipinski definition) is 5. The van der Waals surface area contributed by atoms with E-state index in [-0.39, 0.29) is 20.9 Å². The van der Waals surface area contributed by atoms with Crippen LogP contribution in [-0.2, 0) is 24.4 Å². The van der Waals surface area contributed by atoms with E-state index in [0.29, 0.717) is 0 Å². The summed E-state index contributed by atoms with van der Waals surface area (Å²) in [5, 5.41) is 14.4. The highest BCUT2D eigenvalue weighted by Crippen LogP contribution is 2.27. The van der Waals surface area contributed by atoms with Crippen molar-refractivity contribution in [1.29, 1.82) is 0 Å². The third-order valence-electron chi connectivity index (χ3n) is 4.61. The standard InChI is InChI=1S/C19H31ClN4O6S2/c1-10(2)9-11(16(25)22-15(18(27)21-6)19(3,4)5)14(17(26)23-28)24-32(29,30)13-8-7-12(20)31-13/h7-8,10-11,14-15,24,28H,9H2,1-6H3,(H,21,27)(H,22,25)(H,23,26)/t11-,14+,15-/m1/s1. The first-order chi connectivity index (χ1) is 14.6. The molecule has 0 unspecified atom stereocenters. The van der Waals surface area contributed by atoms with Gasteiger partial charge < -0.3 is 10.6 Å². The highest BCUT2D eigenvalue weighted by atomic mass is 35.5. The van der Waals surface area contributed by atoms with Crippen LogP contribution in [0.5, 0.6) is 0 Å². The van der Waals surface area contributed by atoms with Gasteiger partial charge in [0, 0.05) is 7.05 Å². The van der Waals surface area contributed by atoms with Gasteiger partial charge in [0.05, 0.1) is 10.3 Å². The molecule has 0 aliphatic rings. The van der Waals surface area contributed by atoms with Gasteiger partial charge in [-0.05, 0) is 29.9 Å². The number of likely N-dealkylation sites (N-methyl/N-ethyl adjacent to an activating group) is 1. The summed E-state index contributed by atoms with van der Waals surface area (Å²) in [7, 11) is -2.80. The van der Waals surface area contributed by atoms with E-state index in [1.54, 1.807) is 34.6 Å². The Morgan fingerprint density at radius 3 is 2.12 bits per heavy atom. The molecule has 1 aromatic rings. The van der Waals surface area contributed by atoms with E-state index in [4.69, 9.17) is 11.6 Å². The Morgan fingerprint density at radius 2 is 1.72 bits per heavy atom. The first kappa shape index (κ1) is 28.3. The summed E-state index contributed by atoms with van der Waals surface area (Å²) in [4.78, 5) is 38.0. The van der Waals surface area contributed by atoms with E-state index in [2.05, 4.69) is 15.4 Å². The number of hydroxylamine groups is 1. The molecule has 10 nitrogen and oxygen atoms in total. The molecule has 1 rings (SSSR count). The quantitative estimate of drug-likeness (QED) is 0.237. The first-order valence-electron chi connectivity index (χ1n) is 9.87. The molecule has 0 spiro atoms. The van der Waals surface area contributed by atoms with E-state index in [1.807, 2.05) is 0 Å². The summed E-state index contributed by atoms with van der Waals surface area (Å²) < 4.78 is 27.9. The summed E-state index contributed by atoms with van der Waals surface area (Å²) in [6.45, 7) is 8.85. The molecule has 0 fully saturated rings. The summed E-state index contributed by atoms with van der Waals surface area (Å²) in [6, 6.07) is 0.0678. The van der Waals surface area contributed by atoms with Gasteiger partial charge >= 0.3 is 0 Å². The molecule has 5 N–H and O–H groups in total. The van der Waals surface area contributed by atoms with Crippen LogP contribution in [0.25, 0.3) is 0 Å². The number of hydrogen-bond acceptors (Lipinski definition) is 7. The number of sulfonamides is 1. The molecular weight excluding hydrogens is 480 g/mol. The van der Waals surface area contributed by atoms with E-state index < -0.39 is 51.2 Å². The molecule has 0 aromatic carbocycles. The Labute approximate surface area is 197 Å². The maximum atomic E-state index is 13.2. The molecule has 0 aliphatic heterocycles. The van der Waals surface area contributed by atoms with E-state index in [0.717, 1.165) is 11.3 Å². The van der Waals surface area contributed by atoms with Gasteiger partial charge in [-0.1, -0.05) is 46.2 Å². The molecule has 1 aromatic heterocycles. The fourth-order valence-electron chi connectivity index (χ4n) is 3.03. The second-order valence-corrected chi connectivity index (χ2v) is 12.4. The lowest BCUT2D eigenvalue weighted by molar-refractivity contribution is -0.139. The Bertz CT molecular complexity index is 926. The van der Waals surface area contributed by atoms with Gasteiger partial charge in [-0.25, -0.2) is 13.9 Å². The number of carbonyl (C=O) groups excluding carboxylic acids is 3. The minimum atomic E-state index is -4.23. The monoisotopic (exact) mass is 510 g/mol. The Hall–Kier alpha value is -1.73. The predicted octanol–water partition coefficient (Wildman–Crippen LogP) is 1.49. The number of rotatable bonds is 10. The van der Waals surface area contributed by atoms with Crippen molar-refractivity contribution in [2.24, 2.45) is 17.3 Å². The van der Waals surface area contributed by atoms with E-state index >= 15 is 0 Å². The second-order valence-electron chi connectivity index (χ2n) is 8.79. The van der Waals surface area contributed by atoms with Crippen LogP contribution in [0.2, 0.25) is 4.34 Å². The van der Waals surface area contributed by atoms with E-state index in [1.165, 1.54) is 24.7 Å². The second kappa shape index (κ2) is 11.4. The van der Waals surface area contributed by atoms with Crippen molar-refractivity contribution in [3.8, 4) is 0 Å². The van der Waals surface area contributed by atoms with Crippen LogP contribution in [0, 0.1) is 17.3 Å². The maximum absolute atomic E-state index is 13.2. The van der Waals surface area contributed by atoms with Gasteiger partial charge in [0.1, 0.15) is 16.3 Å². The van der Waals surface area contributed by atoms with E-state index in [9.17, 15) is 28.0 Å². The van der Waals surface area contributed by atoms with Crippen molar-refractivity contribution < 1.29 is 28.0 Å². The van der Waals surface area contributed by atoms with Crippen molar-refractivity contribution in [2.45, 2.75) is 57.3 Å². The van der Waals surface area contributed by atoms with Gasteiger partial charge in [-0.2, -0.15) is 4.72 Å². The SMILES string of the molecule is CNC(=O)[C@@H](NC(=O)[C@H](CC(C)C)[C@H](NS(=O)(=O)c1ccc(Cl)s1)C(=O)NO)C(C)(C)C. The van der Waals surface area contributed by atoms with Gasteiger partial charge in [-0.3, -0.25) is 19.6 Å². The van der Waals surface area contributed by atoms with Gasteiger partial charge in [0.2, 0.25) is 11.8 Å². The van der Waals surface area contributed by atoms with Gasteiger partial charge in [0.25, 0.3) is 15.9 Å². The summed E-state index contributed by atoms with van der Waals surface area (Å²) in [5.41, 5.74) is 0.756. The third-order valence-corrected chi connectivity index (χ3v) is 7.78. The van der Waals surface area contributed by atoms with Crippen molar-refractivity contribution in [2.75, 3.05) is 7.05 Å². The molecule has 0 radical (unpaired) electrons. The molecule has 32 heavy (non-hydrogen) atoms. The van der Waals surface area contributed by atoms with Crippen molar-refractivity contribution in [1.82, 2.24) is 20.8 Å². The molecule has 0 saturated carbocycles. The van der Waals surface area contributed by atoms with Crippen molar-refractivity contribution >= 4 is 50.7 Å². The zero-order valence-corrected chi connectivity index (χ0v) is 21.2. The molecule has 0 bridgehead atoms. The molecule has 3 amide bonds. The van der Waals surface area contributed by atoms with Crippen LogP contribution in [0.3, 0.4) is 0 Å². The Balaban J connectivity index is 3.36. The minimum absolute atomic E-state index is 0.0994. The van der Waals surface area contributed by atoms with Crippen LogP contribution in [-0.4, -0.2) is 50.5 Å². The summed E-state index contributed by atoms with van der Waals surface area (Å²) in [5.74, 6) is -3.59. The Morgan fingerprint density at radius 1 is 1.12 bits per heavy atom. The molecule has 1 heterocycles. The zero-order chi connectivity index (χ0) is 24.9. The largest absolute Gasteiger partial charge is 0.357 e. The minimum Gasteiger partial charge on any atom is -0.357 e. The zero-order valence-electron chi connectivity index (χ0n) is 18.9. The van der Waals surface area contributed by atoms with Crippen LogP contribution < -0.4 is 20.8 Å². The highest BCUT2D eigenvalue weighted by Gasteiger charge is 2.41. The summed E-state index contributed by atoms with van der Waals surface area (Å²) in [6.07, 6.45) is 0.0994. The molecule has 182 valence electrons. The van der Waals surface area contributed by atoms with Crippen LogP contribution in [0.4, 0.5) is 0 Å². The topological polar surface area (TPSA) is 154 Å². The average Bonchev–Trinajstić information content (AvgIpc) is 3.13.